The van der Waals surface area contributed by atoms with Gasteiger partial charge in [-0.1, -0.05) is 43.2 Å². The second-order valence-electron chi connectivity index (χ2n) is 6.89. The van der Waals surface area contributed by atoms with Crippen LogP contribution in [-0.4, -0.2) is 25.9 Å². The molecule has 0 bridgehead atoms. The van der Waals surface area contributed by atoms with E-state index < -0.39 is 0 Å². The van der Waals surface area contributed by atoms with Crippen molar-refractivity contribution in [3.8, 4) is 11.5 Å². The Hall–Kier alpha value is -2.00. The van der Waals surface area contributed by atoms with E-state index in [1.54, 1.807) is 14.2 Å². The second kappa shape index (κ2) is 9.63. The molecule has 0 aliphatic carbocycles. The highest BCUT2D eigenvalue weighted by atomic mass is 16.5. The molecule has 3 heteroatoms. The van der Waals surface area contributed by atoms with Gasteiger partial charge in [0.05, 0.1) is 14.2 Å². The molecule has 0 radical (unpaired) electrons. The Labute approximate surface area is 158 Å². The van der Waals surface area contributed by atoms with Crippen molar-refractivity contribution in [3.63, 3.8) is 0 Å². The van der Waals surface area contributed by atoms with Gasteiger partial charge in [0.2, 0.25) is 0 Å². The van der Waals surface area contributed by atoms with Crippen molar-refractivity contribution in [3.05, 3.63) is 58.1 Å². The number of hydrogen-bond acceptors (Lipinski definition) is 3. The van der Waals surface area contributed by atoms with Crippen LogP contribution >= 0.6 is 0 Å². The third-order valence-corrected chi connectivity index (χ3v) is 5.34. The molecule has 0 saturated carbocycles. The first kappa shape index (κ1) is 20.3. The van der Waals surface area contributed by atoms with Crippen LogP contribution < -0.4 is 9.47 Å². The van der Waals surface area contributed by atoms with Gasteiger partial charge in [-0.25, -0.2) is 0 Å². The third kappa shape index (κ3) is 4.21. The van der Waals surface area contributed by atoms with Gasteiger partial charge in [-0.2, -0.15) is 0 Å². The van der Waals surface area contributed by atoms with Gasteiger partial charge in [0, 0.05) is 18.1 Å². The highest BCUT2D eigenvalue weighted by Crippen LogP contribution is 2.45. The Kier molecular flexibility index (Phi) is 7.52. The van der Waals surface area contributed by atoms with Crippen LogP contribution in [0.4, 0.5) is 0 Å². The van der Waals surface area contributed by atoms with E-state index in [-0.39, 0.29) is 12.5 Å². The van der Waals surface area contributed by atoms with Crippen LogP contribution in [-0.2, 0) is 0 Å². The summed E-state index contributed by atoms with van der Waals surface area (Å²) >= 11 is 0. The van der Waals surface area contributed by atoms with Crippen LogP contribution in [0, 0.1) is 20.8 Å². The first-order valence-electron chi connectivity index (χ1n) is 9.44. The first-order valence-corrected chi connectivity index (χ1v) is 9.44. The molecule has 1 atom stereocenters. The lowest BCUT2D eigenvalue weighted by atomic mass is 9.81. The molecule has 3 nitrogen and oxygen atoms in total. The highest BCUT2D eigenvalue weighted by Gasteiger charge is 2.26. The van der Waals surface area contributed by atoms with Gasteiger partial charge in [-0.05, 0) is 55.9 Å². The summed E-state index contributed by atoms with van der Waals surface area (Å²) in [7, 11) is 3.49. The van der Waals surface area contributed by atoms with E-state index in [1.807, 2.05) is 0 Å². The SMILES string of the molecule is COc1c(C)c(C)c(OC)c(C(CCCCCO)c2ccccc2)c1C. The third-order valence-electron chi connectivity index (χ3n) is 5.34. The van der Waals surface area contributed by atoms with Crippen molar-refractivity contribution < 1.29 is 14.6 Å². The number of ether oxygens (including phenoxy) is 2. The Morgan fingerprint density at radius 2 is 1.42 bits per heavy atom. The number of aliphatic hydroxyl groups is 1. The maximum absolute atomic E-state index is 9.09. The average Bonchev–Trinajstić information content (AvgIpc) is 2.66. The van der Waals surface area contributed by atoms with E-state index in [4.69, 9.17) is 14.6 Å². The summed E-state index contributed by atoms with van der Waals surface area (Å²) in [5, 5.41) is 9.09. The van der Waals surface area contributed by atoms with Crippen LogP contribution in [0.3, 0.4) is 0 Å². The predicted octanol–water partition coefficient (Wildman–Crippen LogP) is 5.31. The minimum Gasteiger partial charge on any atom is -0.496 e. The smallest absolute Gasteiger partial charge is 0.126 e. The number of rotatable bonds is 9. The molecule has 0 spiro atoms. The number of methoxy groups -OCH3 is 2. The lowest BCUT2D eigenvalue weighted by molar-refractivity contribution is 0.282. The predicted molar refractivity (Wildman–Crippen MR) is 108 cm³/mol. The van der Waals surface area contributed by atoms with Crippen LogP contribution in [0.1, 0.15) is 59.4 Å². The lowest BCUT2D eigenvalue weighted by Gasteiger charge is -2.27. The molecular weight excluding hydrogens is 324 g/mol. The molecule has 0 fully saturated rings. The zero-order valence-corrected chi connectivity index (χ0v) is 16.8. The molecule has 142 valence electrons. The van der Waals surface area contributed by atoms with Crippen molar-refractivity contribution >= 4 is 0 Å². The quantitative estimate of drug-likeness (QED) is 0.619. The minimum absolute atomic E-state index is 0.248. The van der Waals surface area contributed by atoms with Gasteiger partial charge < -0.3 is 14.6 Å². The van der Waals surface area contributed by atoms with Gasteiger partial charge in [-0.3, -0.25) is 0 Å². The normalized spacial score (nSPS) is 12.1. The molecule has 1 N–H and O–H groups in total. The first-order chi connectivity index (χ1) is 12.6. The minimum atomic E-state index is 0.248. The molecule has 0 aliphatic heterocycles. The standard InChI is InChI=1S/C23H32O3/c1-16-17(2)23(26-5)21(18(3)22(16)25-4)20(14-10-7-11-15-24)19-12-8-6-9-13-19/h6,8-9,12-13,20,24H,7,10-11,14-15H2,1-5H3. The summed E-state index contributed by atoms with van der Waals surface area (Å²) < 4.78 is 11.6. The van der Waals surface area contributed by atoms with E-state index in [9.17, 15) is 0 Å². The van der Waals surface area contributed by atoms with E-state index in [2.05, 4.69) is 51.1 Å². The summed E-state index contributed by atoms with van der Waals surface area (Å²) in [6, 6.07) is 10.6. The fourth-order valence-electron chi connectivity index (χ4n) is 3.91. The number of benzene rings is 2. The van der Waals surface area contributed by atoms with Crippen LogP contribution in [0.25, 0.3) is 0 Å². The van der Waals surface area contributed by atoms with Crippen molar-refractivity contribution in [2.24, 2.45) is 0 Å². The van der Waals surface area contributed by atoms with Crippen LogP contribution in [0.5, 0.6) is 11.5 Å². The Morgan fingerprint density at radius 1 is 0.808 bits per heavy atom. The van der Waals surface area contributed by atoms with Crippen LogP contribution in [0.15, 0.2) is 30.3 Å². The molecule has 26 heavy (non-hydrogen) atoms. The van der Waals surface area contributed by atoms with Crippen LogP contribution in [0.2, 0.25) is 0 Å². The van der Waals surface area contributed by atoms with Gasteiger partial charge in [0.1, 0.15) is 11.5 Å². The monoisotopic (exact) mass is 356 g/mol. The summed E-state index contributed by atoms with van der Waals surface area (Å²) in [6.07, 6.45) is 3.97. The molecule has 2 aromatic rings. The molecule has 2 rings (SSSR count). The van der Waals surface area contributed by atoms with E-state index in [1.165, 1.54) is 11.1 Å². The molecule has 0 aliphatic rings. The molecule has 2 aromatic carbocycles. The van der Waals surface area contributed by atoms with Gasteiger partial charge in [0.25, 0.3) is 0 Å². The number of aliphatic hydroxyl groups excluding tert-OH is 1. The maximum atomic E-state index is 9.09. The summed E-state index contributed by atoms with van der Waals surface area (Å²) in [5.41, 5.74) is 5.95. The molecule has 0 aromatic heterocycles. The van der Waals surface area contributed by atoms with Gasteiger partial charge in [0.15, 0.2) is 0 Å². The summed E-state index contributed by atoms with van der Waals surface area (Å²) in [4.78, 5) is 0. The molecular formula is C23H32O3. The summed E-state index contributed by atoms with van der Waals surface area (Å²) in [5.74, 6) is 2.17. The molecule has 1 unspecified atom stereocenters. The average molecular weight is 357 g/mol. The molecule has 0 heterocycles. The van der Waals surface area contributed by atoms with Gasteiger partial charge in [-0.15, -0.1) is 0 Å². The fraction of sp³-hybridized carbons (Fsp3) is 0.478. The zero-order valence-electron chi connectivity index (χ0n) is 16.8. The largest absolute Gasteiger partial charge is 0.496 e. The number of unbranched alkanes of at least 4 members (excludes halogenated alkanes) is 2. The lowest BCUT2D eigenvalue weighted by Crippen LogP contribution is -2.10. The Morgan fingerprint density at radius 3 is 2.00 bits per heavy atom. The number of hydrogen-bond donors (Lipinski definition) is 1. The second-order valence-corrected chi connectivity index (χ2v) is 6.89. The van der Waals surface area contributed by atoms with Crippen molar-refractivity contribution in [2.75, 3.05) is 20.8 Å². The topological polar surface area (TPSA) is 38.7 Å². The van der Waals surface area contributed by atoms with Crippen molar-refractivity contribution in [1.29, 1.82) is 0 Å². The highest BCUT2D eigenvalue weighted by molar-refractivity contribution is 5.60. The van der Waals surface area contributed by atoms with Crippen molar-refractivity contribution in [2.45, 2.75) is 52.4 Å². The molecule has 0 saturated heterocycles. The fourth-order valence-corrected chi connectivity index (χ4v) is 3.91. The van der Waals surface area contributed by atoms with Crippen molar-refractivity contribution in [1.82, 2.24) is 0 Å². The molecule has 0 amide bonds. The Bertz CT molecular complexity index is 707. The van der Waals surface area contributed by atoms with E-state index in [0.29, 0.717) is 0 Å². The summed E-state index contributed by atoms with van der Waals surface area (Å²) in [6.45, 7) is 6.59. The van der Waals surface area contributed by atoms with Gasteiger partial charge >= 0.3 is 0 Å². The van der Waals surface area contributed by atoms with E-state index >= 15 is 0 Å². The Balaban J connectivity index is 2.58. The maximum Gasteiger partial charge on any atom is 0.126 e. The van der Waals surface area contributed by atoms with E-state index in [0.717, 1.165) is 53.9 Å². The zero-order chi connectivity index (χ0) is 19.1.